The second-order valence-electron chi connectivity index (χ2n) is 4.23. The van der Waals surface area contributed by atoms with Crippen LogP contribution < -0.4 is 5.32 Å². The number of aliphatic imine (C=N–C) groups is 1. The number of guanidine groups is 1. The molecule has 100 valence electrons. The third-order valence-corrected chi connectivity index (χ3v) is 3.43. The van der Waals surface area contributed by atoms with Crippen molar-refractivity contribution in [3.63, 3.8) is 0 Å². The molecular weight excluding hydrogens is 357 g/mol. The van der Waals surface area contributed by atoms with Crippen molar-refractivity contribution >= 4 is 41.7 Å². The van der Waals surface area contributed by atoms with Crippen LogP contribution in [-0.4, -0.2) is 37.3 Å². The fourth-order valence-electron chi connectivity index (χ4n) is 1.90. The van der Waals surface area contributed by atoms with E-state index >= 15 is 0 Å². The Balaban J connectivity index is 0.00000162. The molecule has 0 bridgehead atoms. The monoisotopic (exact) mass is 377 g/mol. The third-order valence-electron chi connectivity index (χ3n) is 2.81. The molecule has 0 fully saturated rings. The van der Waals surface area contributed by atoms with Crippen molar-refractivity contribution in [3.05, 3.63) is 35.4 Å². The van der Waals surface area contributed by atoms with E-state index in [1.54, 1.807) is 0 Å². The molecule has 1 aromatic carbocycles. The van der Waals surface area contributed by atoms with Crippen LogP contribution >= 0.6 is 35.7 Å². The van der Waals surface area contributed by atoms with Gasteiger partial charge in [-0.3, -0.25) is 4.99 Å². The van der Waals surface area contributed by atoms with E-state index in [0.29, 0.717) is 0 Å². The minimum Gasteiger partial charge on any atom is -0.352 e. The number of likely N-dealkylation sites (N-methyl/N-ethyl adjacent to an activating group) is 1. The summed E-state index contributed by atoms with van der Waals surface area (Å²) in [7, 11) is 2.07. The largest absolute Gasteiger partial charge is 0.352 e. The van der Waals surface area contributed by atoms with E-state index in [1.807, 2.05) is 11.8 Å². The van der Waals surface area contributed by atoms with E-state index < -0.39 is 0 Å². The first-order chi connectivity index (χ1) is 8.29. The Morgan fingerprint density at radius 3 is 2.83 bits per heavy atom. The highest BCUT2D eigenvalue weighted by Gasteiger charge is 2.11. The summed E-state index contributed by atoms with van der Waals surface area (Å²) in [6.45, 7) is 2.78. The quantitative estimate of drug-likeness (QED) is 0.818. The summed E-state index contributed by atoms with van der Waals surface area (Å²) in [6, 6.07) is 8.73. The van der Waals surface area contributed by atoms with Gasteiger partial charge in [0.2, 0.25) is 0 Å². The minimum absolute atomic E-state index is 0. The number of benzene rings is 1. The van der Waals surface area contributed by atoms with Crippen molar-refractivity contribution in [3.8, 4) is 0 Å². The maximum absolute atomic E-state index is 4.42. The van der Waals surface area contributed by atoms with E-state index in [1.165, 1.54) is 11.1 Å². The highest BCUT2D eigenvalue weighted by atomic mass is 127. The molecule has 0 spiro atoms. The van der Waals surface area contributed by atoms with Crippen molar-refractivity contribution in [1.29, 1.82) is 0 Å². The summed E-state index contributed by atoms with van der Waals surface area (Å²) in [5, 5.41) is 3.39. The molecule has 1 heterocycles. The Hall–Kier alpha value is -0.430. The van der Waals surface area contributed by atoms with Crippen LogP contribution in [-0.2, 0) is 12.3 Å². The lowest BCUT2D eigenvalue weighted by Crippen LogP contribution is -2.35. The van der Waals surface area contributed by atoms with Gasteiger partial charge in [0.05, 0.1) is 6.54 Å². The lowest BCUT2D eigenvalue weighted by Gasteiger charge is -2.15. The summed E-state index contributed by atoms with van der Waals surface area (Å²) >= 11 is 1.85. The van der Waals surface area contributed by atoms with Crippen LogP contribution in [0.5, 0.6) is 0 Å². The van der Waals surface area contributed by atoms with Crippen LogP contribution in [0, 0.1) is 0 Å². The first-order valence-electron chi connectivity index (χ1n) is 5.86. The first kappa shape index (κ1) is 15.6. The summed E-state index contributed by atoms with van der Waals surface area (Å²) in [5.74, 6) is 2.09. The van der Waals surface area contributed by atoms with Gasteiger partial charge in [0.1, 0.15) is 0 Å². The zero-order valence-electron chi connectivity index (χ0n) is 10.8. The fourth-order valence-corrected chi connectivity index (χ4v) is 2.41. The van der Waals surface area contributed by atoms with Crippen LogP contribution in [0.2, 0.25) is 0 Å². The molecule has 1 N–H and O–H groups in total. The smallest absolute Gasteiger partial charge is 0.194 e. The molecule has 2 rings (SSSR count). The Bertz CT molecular complexity index is 409. The minimum atomic E-state index is 0. The average Bonchev–Trinajstić information content (AvgIpc) is 2.73. The molecule has 0 radical (unpaired) electrons. The molecule has 0 aliphatic carbocycles. The maximum Gasteiger partial charge on any atom is 0.194 e. The molecule has 0 saturated heterocycles. The van der Waals surface area contributed by atoms with Crippen LogP contribution in [0.25, 0.3) is 0 Å². The standard InChI is InChI=1S/C13H19N3S.HI/c1-16-7-6-14-13(16)15-9-11-4-3-5-12(8-11)10-17-2;/h3-5,8H,6-7,9-10H2,1-2H3,(H,14,15);1H. The van der Waals surface area contributed by atoms with Crippen LogP contribution in [0.15, 0.2) is 29.3 Å². The Morgan fingerprint density at radius 1 is 1.39 bits per heavy atom. The number of rotatable bonds is 4. The normalized spacial score (nSPS) is 14.1. The second-order valence-corrected chi connectivity index (χ2v) is 5.10. The average molecular weight is 377 g/mol. The van der Waals surface area contributed by atoms with Gasteiger partial charge >= 0.3 is 0 Å². The van der Waals surface area contributed by atoms with E-state index in [9.17, 15) is 0 Å². The topological polar surface area (TPSA) is 27.6 Å². The summed E-state index contributed by atoms with van der Waals surface area (Å²) in [6.07, 6.45) is 2.13. The molecule has 18 heavy (non-hydrogen) atoms. The zero-order chi connectivity index (χ0) is 12.1. The van der Waals surface area contributed by atoms with Crippen molar-refractivity contribution in [2.45, 2.75) is 12.3 Å². The van der Waals surface area contributed by atoms with Gasteiger partial charge in [-0.1, -0.05) is 24.3 Å². The SMILES string of the molecule is CSCc1cccc(CNC2=NCCN2C)c1.I. The van der Waals surface area contributed by atoms with Crippen molar-refractivity contribution in [1.82, 2.24) is 10.2 Å². The lowest BCUT2D eigenvalue weighted by atomic mass is 10.1. The van der Waals surface area contributed by atoms with Gasteiger partial charge in [-0.05, 0) is 17.4 Å². The molecule has 0 amide bonds. The van der Waals surface area contributed by atoms with E-state index in [4.69, 9.17) is 0 Å². The first-order valence-corrected chi connectivity index (χ1v) is 7.25. The van der Waals surface area contributed by atoms with Gasteiger partial charge in [0.25, 0.3) is 0 Å². The van der Waals surface area contributed by atoms with Gasteiger partial charge < -0.3 is 10.2 Å². The van der Waals surface area contributed by atoms with Crippen LogP contribution in [0.3, 0.4) is 0 Å². The summed E-state index contributed by atoms with van der Waals surface area (Å²) in [4.78, 5) is 6.58. The Morgan fingerprint density at radius 2 is 2.17 bits per heavy atom. The van der Waals surface area contributed by atoms with Crippen LogP contribution in [0.1, 0.15) is 11.1 Å². The highest BCUT2D eigenvalue weighted by Crippen LogP contribution is 2.11. The lowest BCUT2D eigenvalue weighted by molar-refractivity contribution is 0.534. The van der Waals surface area contributed by atoms with Crippen molar-refractivity contribution < 1.29 is 0 Å². The van der Waals surface area contributed by atoms with Crippen molar-refractivity contribution in [2.24, 2.45) is 4.99 Å². The van der Waals surface area contributed by atoms with Gasteiger partial charge in [0, 0.05) is 25.9 Å². The molecule has 1 aliphatic heterocycles. The predicted octanol–water partition coefficient (Wildman–Crippen LogP) is 2.56. The molecule has 0 unspecified atom stereocenters. The molecule has 1 aliphatic rings. The van der Waals surface area contributed by atoms with Crippen LogP contribution in [0.4, 0.5) is 0 Å². The number of thioether (sulfide) groups is 1. The second kappa shape index (κ2) is 7.89. The number of nitrogens with zero attached hydrogens (tertiary/aromatic N) is 2. The summed E-state index contributed by atoms with van der Waals surface area (Å²) < 4.78 is 0. The molecule has 0 atom stereocenters. The van der Waals surface area contributed by atoms with Gasteiger partial charge in [-0.25, -0.2) is 0 Å². The molecular formula is C13H20IN3S. The van der Waals surface area contributed by atoms with Crippen molar-refractivity contribution in [2.75, 3.05) is 26.4 Å². The van der Waals surface area contributed by atoms with E-state index in [2.05, 4.69) is 52.8 Å². The third kappa shape index (κ3) is 4.35. The molecule has 1 aromatic rings. The number of hydrogen-bond acceptors (Lipinski definition) is 4. The Labute approximate surface area is 130 Å². The highest BCUT2D eigenvalue weighted by molar-refractivity contribution is 14.0. The van der Waals surface area contributed by atoms with Gasteiger partial charge in [-0.2, -0.15) is 11.8 Å². The van der Waals surface area contributed by atoms with E-state index in [0.717, 1.165) is 31.3 Å². The molecule has 0 aromatic heterocycles. The molecule has 5 heteroatoms. The fraction of sp³-hybridized carbons (Fsp3) is 0.462. The maximum atomic E-state index is 4.42. The van der Waals surface area contributed by atoms with Gasteiger partial charge in [0.15, 0.2) is 5.96 Å². The zero-order valence-corrected chi connectivity index (χ0v) is 14.0. The number of nitrogens with one attached hydrogen (secondary N) is 1. The Kier molecular flexibility index (Phi) is 6.85. The molecule has 0 saturated carbocycles. The molecule has 3 nitrogen and oxygen atoms in total. The number of hydrogen-bond donors (Lipinski definition) is 1. The number of halogens is 1. The van der Waals surface area contributed by atoms with Gasteiger partial charge in [-0.15, -0.1) is 24.0 Å². The van der Waals surface area contributed by atoms with E-state index in [-0.39, 0.29) is 24.0 Å². The summed E-state index contributed by atoms with van der Waals surface area (Å²) in [5.41, 5.74) is 2.71. The predicted molar refractivity (Wildman–Crippen MR) is 90.8 cm³/mol.